The number of carbonyl (C=O) groups is 1. The Morgan fingerprint density at radius 1 is 1.10 bits per heavy atom. The van der Waals surface area contributed by atoms with E-state index in [0.717, 1.165) is 11.0 Å². The minimum Gasteiger partial charge on any atom is -0.339 e. The molecule has 11 heteroatoms. The van der Waals surface area contributed by atoms with Gasteiger partial charge in [0.2, 0.25) is 15.9 Å². The van der Waals surface area contributed by atoms with E-state index >= 15 is 0 Å². The van der Waals surface area contributed by atoms with Crippen LogP contribution < -0.4 is 0 Å². The Kier molecular flexibility index (Phi) is 6.74. The van der Waals surface area contributed by atoms with Crippen LogP contribution in [0.1, 0.15) is 6.92 Å². The molecule has 30 heavy (non-hydrogen) atoms. The smallest absolute Gasteiger partial charge is 0.269 e. The predicted molar refractivity (Wildman–Crippen MR) is 110 cm³/mol. The number of non-ortho nitro benzene ring substituents is 1. The molecule has 1 atom stereocenters. The van der Waals surface area contributed by atoms with Crippen LogP contribution in [0.4, 0.5) is 10.1 Å². The van der Waals surface area contributed by atoms with Gasteiger partial charge < -0.3 is 4.90 Å². The minimum absolute atomic E-state index is 0.0227. The second-order valence-corrected chi connectivity index (χ2v) is 9.99. The van der Waals surface area contributed by atoms with Crippen molar-refractivity contribution in [2.45, 2.75) is 22.0 Å². The molecule has 0 aliphatic carbocycles. The largest absolute Gasteiger partial charge is 0.339 e. The van der Waals surface area contributed by atoms with Crippen molar-refractivity contribution in [3.05, 3.63) is 64.5 Å². The summed E-state index contributed by atoms with van der Waals surface area (Å²) in [5, 5.41) is 10.3. The second-order valence-electron chi connectivity index (χ2n) is 6.67. The number of nitro benzene ring substituents is 1. The van der Waals surface area contributed by atoms with Gasteiger partial charge in [0, 0.05) is 43.2 Å². The standard InChI is InChI=1S/C19H20FN3O5S2/c1-14(29-16-8-6-15(7-9-16)23(25)26)19(24)21-10-12-22(13-11-21)30(27,28)18-5-3-2-4-17(18)20/h2-9,14H,10-13H2,1H3. The van der Waals surface area contributed by atoms with E-state index < -0.39 is 26.0 Å². The molecule has 0 radical (unpaired) electrons. The van der Waals surface area contributed by atoms with Crippen LogP contribution in [0.15, 0.2) is 58.3 Å². The first kappa shape index (κ1) is 22.2. The Morgan fingerprint density at radius 3 is 2.27 bits per heavy atom. The van der Waals surface area contributed by atoms with Crippen LogP contribution in [-0.4, -0.2) is 59.9 Å². The van der Waals surface area contributed by atoms with Crippen molar-refractivity contribution in [1.29, 1.82) is 0 Å². The fraction of sp³-hybridized carbons (Fsp3) is 0.316. The number of thioether (sulfide) groups is 1. The Labute approximate surface area is 177 Å². The Balaban J connectivity index is 1.59. The van der Waals surface area contributed by atoms with Gasteiger partial charge in [-0.2, -0.15) is 4.31 Å². The van der Waals surface area contributed by atoms with Crippen LogP contribution in [0.25, 0.3) is 0 Å². The van der Waals surface area contributed by atoms with Gasteiger partial charge in [-0.25, -0.2) is 12.8 Å². The molecule has 1 heterocycles. The van der Waals surface area contributed by atoms with Gasteiger partial charge in [-0.05, 0) is 31.2 Å². The summed E-state index contributed by atoms with van der Waals surface area (Å²) in [5.41, 5.74) is -0.0227. The van der Waals surface area contributed by atoms with Gasteiger partial charge in [-0.3, -0.25) is 14.9 Å². The average molecular weight is 454 g/mol. The fourth-order valence-electron chi connectivity index (χ4n) is 3.10. The monoisotopic (exact) mass is 453 g/mol. The van der Waals surface area contributed by atoms with Gasteiger partial charge in [0.05, 0.1) is 10.2 Å². The van der Waals surface area contributed by atoms with Crippen molar-refractivity contribution in [3.8, 4) is 0 Å². The maximum atomic E-state index is 13.9. The number of rotatable bonds is 6. The molecule has 1 aliphatic heterocycles. The molecule has 0 N–H and O–H groups in total. The molecule has 0 spiro atoms. The quantitative estimate of drug-likeness (QED) is 0.379. The molecule has 8 nitrogen and oxygen atoms in total. The third-order valence-electron chi connectivity index (χ3n) is 4.71. The first-order valence-electron chi connectivity index (χ1n) is 9.14. The summed E-state index contributed by atoms with van der Waals surface area (Å²) in [5.74, 6) is -0.953. The predicted octanol–water partition coefficient (Wildman–Crippen LogP) is 2.75. The van der Waals surface area contributed by atoms with Gasteiger partial charge in [0.1, 0.15) is 10.7 Å². The van der Waals surface area contributed by atoms with Crippen molar-refractivity contribution in [2.75, 3.05) is 26.2 Å². The average Bonchev–Trinajstić information content (AvgIpc) is 2.74. The first-order chi connectivity index (χ1) is 14.2. The number of halogens is 1. The van der Waals surface area contributed by atoms with Crippen LogP contribution in [0.5, 0.6) is 0 Å². The normalized spacial score (nSPS) is 16.3. The maximum Gasteiger partial charge on any atom is 0.269 e. The van der Waals surface area contributed by atoms with E-state index in [2.05, 4.69) is 0 Å². The van der Waals surface area contributed by atoms with E-state index in [-0.39, 0.29) is 42.7 Å². The number of sulfonamides is 1. The molecular weight excluding hydrogens is 433 g/mol. The lowest BCUT2D eigenvalue weighted by atomic mass is 10.3. The third-order valence-corrected chi connectivity index (χ3v) is 7.74. The van der Waals surface area contributed by atoms with Gasteiger partial charge in [-0.1, -0.05) is 12.1 Å². The zero-order valence-corrected chi connectivity index (χ0v) is 17.7. The van der Waals surface area contributed by atoms with E-state index in [1.165, 1.54) is 46.4 Å². The van der Waals surface area contributed by atoms with Crippen LogP contribution in [0.3, 0.4) is 0 Å². The molecular formula is C19H20FN3O5S2. The Morgan fingerprint density at radius 2 is 1.70 bits per heavy atom. The molecule has 2 aromatic carbocycles. The molecule has 0 bridgehead atoms. The van der Waals surface area contributed by atoms with E-state index in [9.17, 15) is 27.7 Å². The van der Waals surface area contributed by atoms with Crippen LogP contribution in [0, 0.1) is 15.9 Å². The summed E-state index contributed by atoms with van der Waals surface area (Å²) < 4.78 is 40.4. The van der Waals surface area contributed by atoms with Crippen molar-refractivity contribution in [3.63, 3.8) is 0 Å². The Bertz CT molecular complexity index is 1040. The number of nitrogens with zero attached hydrogens (tertiary/aromatic N) is 3. The molecule has 0 aromatic heterocycles. The first-order valence-corrected chi connectivity index (χ1v) is 11.5. The number of piperazine rings is 1. The number of amides is 1. The summed E-state index contributed by atoms with van der Waals surface area (Å²) in [7, 11) is -3.96. The maximum absolute atomic E-state index is 13.9. The lowest BCUT2D eigenvalue weighted by Gasteiger charge is -2.35. The highest BCUT2D eigenvalue weighted by Gasteiger charge is 2.33. The van der Waals surface area contributed by atoms with Crippen LogP contribution in [-0.2, 0) is 14.8 Å². The SMILES string of the molecule is CC(Sc1ccc([N+](=O)[O-])cc1)C(=O)N1CCN(S(=O)(=O)c2ccccc2F)CC1. The van der Waals surface area contributed by atoms with E-state index in [0.29, 0.717) is 0 Å². The minimum atomic E-state index is -3.96. The number of benzene rings is 2. The summed E-state index contributed by atoms with van der Waals surface area (Å²) in [4.78, 5) is 24.9. The molecule has 1 aliphatic rings. The highest BCUT2D eigenvalue weighted by molar-refractivity contribution is 8.00. The van der Waals surface area contributed by atoms with E-state index in [1.807, 2.05) is 0 Å². The van der Waals surface area contributed by atoms with Gasteiger partial charge in [0.25, 0.3) is 5.69 Å². The Hall–Kier alpha value is -2.50. The molecule has 2 aromatic rings. The van der Waals surface area contributed by atoms with Gasteiger partial charge in [0.15, 0.2) is 0 Å². The topological polar surface area (TPSA) is 101 Å². The number of hydrogen-bond acceptors (Lipinski definition) is 6. The van der Waals surface area contributed by atoms with Crippen molar-refractivity contribution < 1.29 is 22.5 Å². The van der Waals surface area contributed by atoms with Crippen LogP contribution >= 0.6 is 11.8 Å². The summed E-state index contributed by atoms with van der Waals surface area (Å²) in [6.45, 7) is 2.31. The molecule has 3 rings (SSSR count). The van der Waals surface area contributed by atoms with Crippen molar-refractivity contribution in [1.82, 2.24) is 9.21 Å². The van der Waals surface area contributed by atoms with Gasteiger partial charge in [-0.15, -0.1) is 11.8 Å². The summed E-state index contributed by atoms with van der Waals surface area (Å²) >= 11 is 1.28. The second kappa shape index (κ2) is 9.11. The van der Waals surface area contributed by atoms with E-state index in [1.54, 1.807) is 24.0 Å². The molecule has 160 valence electrons. The number of hydrogen-bond donors (Lipinski definition) is 0. The zero-order chi connectivity index (χ0) is 21.9. The zero-order valence-electron chi connectivity index (χ0n) is 16.1. The molecule has 1 amide bonds. The molecule has 1 unspecified atom stereocenters. The third kappa shape index (κ3) is 4.79. The van der Waals surface area contributed by atoms with E-state index in [4.69, 9.17) is 0 Å². The lowest BCUT2D eigenvalue weighted by molar-refractivity contribution is -0.384. The number of nitro groups is 1. The van der Waals surface area contributed by atoms with Crippen molar-refractivity contribution >= 4 is 33.4 Å². The molecule has 1 saturated heterocycles. The highest BCUT2D eigenvalue weighted by atomic mass is 32.2. The number of carbonyl (C=O) groups excluding carboxylic acids is 1. The lowest BCUT2D eigenvalue weighted by Crippen LogP contribution is -2.52. The fourth-order valence-corrected chi connectivity index (χ4v) is 5.54. The summed E-state index contributed by atoms with van der Waals surface area (Å²) in [6, 6.07) is 11.2. The molecule has 1 fully saturated rings. The van der Waals surface area contributed by atoms with Crippen LogP contribution in [0.2, 0.25) is 0 Å². The molecule has 0 saturated carbocycles. The van der Waals surface area contributed by atoms with Crippen molar-refractivity contribution in [2.24, 2.45) is 0 Å². The summed E-state index contributed by atoms with van der Waals surface area (Å²) in [6.07, 6.45) is 0. The highest BCUT2D eigenvalue weighted by Crippen LogP contribution is 2.27. The van der Waals surface area contributed by atoms with Gasteiger partial charge >= 0.3 is 0 Å².